The Morgan fingerprint density at radius 3 is 1.43 bits per heavy atom. The number of amides is 2. The number of nitrogens with zero attached hydrogens (tertiary/aromatic N) is 13. The monoisotopic (exact) mass is 1560 g/mol. The van der Waals surface area contributed by atoms with Crippen molar-refractivity contribution in [2.75, 3.05) is 29.6 Å². The topological polar surface area (TPSA) is 351 Å². The van der Waals surface area contributed by atoms with Gasteiger partial charge < -0.3 is 31.3 Å². The molecule has 0 saturated carbocycles. The lowest BCUT2D eigenvalue weighted by Crippen LogP contribution is -2.23. The van der Waals surface area contributed by atoms with Crippen molar-refractivity contribution < 1.29 is 79.0 Å². The van der Waals surface area contributed by atoms with Gasteiger partial charge in [-0.15, -0.1) is 0 Å². The molecule has 111 heavy (non-hydrogen) atoms. The number of carbonyl (C=O) groups is 5. The highest BCUT2D eigenvalue weighted by Crippen LogP contribution is 2.41. The average Bonchev–Trinajstić information content (AvgIpc) is 1.72. The van der Waals surface area contributed by atoms with Crippen molar-refractivity contribution in [2.24, 2.45) is 23.7 Å². The number of alkyl halides is 8. The third-order valence-electron chi connectivity index (χ3n) is 19.1. The number of nitrogen functional groups attached to an aromatic ring is 1. The number of hydrogen-bond donors (Lipinski definition) is 5. The number of halogens is 8. The van der Waals surface area contributed by atoms with Gasteiger partial charge in [0.15, 0.2) is 11.5 Å². The number of aliphatic carboxylic acids is 2. The molecule has 3 aliphatic heterocycles. The molecule has 0 aliphatic carbocycles. The summed E-state index contributed by atoms with van der Waals surface area (Å²) < 4.78 is 113. The number of aromatic nitrogens is 12. The fourth-order valence-electron chi connectivity index (χ4n) is 12.3. The molecule has 608 valence electrons. The summed E-state index contributed by atoms with van der Waals surface area (Å²) in [5, 5.41) is 49.1. The van der Waals surface area contributed by atoms with Crippen LogP contribution >= 0.6 is 0 Å². The number of carbonyl (C=O) groups excluding carboxylic acids is 3. The minimum atomic E-state index is -3.02. The second kappa shape index (κ2) is 41.6. The maximum absolute atomic E-state index is 13.4. The molecule has 4 bridgehead atoms. The van der Waals surface area contributed by atoms with Crippen molar-refractivity contribution in [1.82, 2.24) is 59.1 Å². The molecule has 26 nitrogen and oxygen atoms in total. The van der Waals surface area contributed by atoms with Gasteiger partial charge >= 0.3 is 43.8 Å². The van der Waals surface area contributed by atoms with Gasteiger partial charge in [0.05, 0.1) is 69.5 Å². The van der Waals surface area contributed by atoms with E-state index in [0.29, 0.717) is 85.3 Å². The van der Waals surface area contributed by atoms with Gasteiger partial charge in [0, 0.05) is 112 Å². The first kappa shape index (κ1) is 93.0. The Bertz CT molecular complexity index is 4380. The predicted molar refractivity (Wildman–Crippen MR) is 406 cm³/mol. The molecule has 0 radical (unpaired) electrons. The van der Waals surface area contributed by atoms with Gasteiger partial charge in [-0.25, -0.2) is 14.0 Å². The fourth-order valence-corrected chi connectivity index (χ4v) is 12.3. The molecule has 34 heteroatoms. The molecule has 0 unspecified atom stereocenters. The Morgan fingerprint density at radius 1 is 0.595 bits per heavy atom. The van der Waals surface area contributed by atoms with E-state index in [-0.39, 0.29) is 114 Å². The van der Waals surface area contributed by atoms with Crippen LogP contribution < -0.4 is 16.4 Å². The van der Waals surface area contributed by atoms with Crippen molar-refractivity contribution in [2.45, 2.75) is 224 Å². The Balaban J connectivity index is 0.000000303. The van der Waals surface area contributed by atoms with Crippen LogP contribution in [0.5, 0.6) is 0 Å². The number of carboxylic acids is 2. The Kier molecular flexibility index (Phi) is 34.8. The van der Waals surface area contributed by atoms with E-state index in [4.69, 9.17) is 20.7 Å². The zero-order chi connectivity index (χ0) is 79.5. The number of rotatable bonds is 19. The molecule has 8 aromatic heterocycles. The number of nitrogens with two attached hydrogens (primary N) is 1. The van der Waals surface area contributed by atoms with E-state index in [0.717, 1.165) is 62.9 Å². The van der Waals surface area contributed by atoms with E-state index >= 15 is 0 Å². The van der Waals surface area contributed by atoms with Gasteiger partial charge in [-0.2, -0.15) is 60.2 Å². The first-order valence-corrected chi connectivity index (χ1v) is 35.3. The van der Waals surface area contributed by atoms with Gasteiger partial charge in [-0.1, -0.05) is 111 Å². The first-order valence-electron chi connectivity index (χ1n) is 35.3. The molecule has 0 aromatic carbocycles. The van der Waals surface area contributed by atoms with E-state index in [1.807, 2.05) is 40.7 Å². The summed E-state index contributed by atoms with van der Waals surface area (Å²) in [6.07, 6.45) is 20.6. The van der Waals surface area contributed by atoms with E-state index < -0.39 is 66.0 Å². The van der Waals surface area contributed by atoms with Crippen LogP contribution in [0.2, 0.25) is 0 Å². The number of Topliss-reactive ketones (excluding diaryl/α,β-unsaturated/α-hetero) is 1. The Morgan fingerprint density at radius 2 is 0.991 bits per heavy atom. The van der Waals surface area contributed by atoms with Crippen LogP contribution in [-0.4, -0.2) is 117 Å². The molecule has 0 spiro atoms. The van der Waals surface area contributed by atoms with Gasteiger partial charge in [0.2, 0.25) is 11.8 Å². The SMILES string of the molecule is C.C.C.C1CCOC1.C[C@@H]1CCCC(=O)c2cc(ccn2)-c2c(cnn2C(F)F)NC1=O.C[C@@H]1CCCC(C)(C)c2cc(ccn2)-c2c(cnn2C(F)F)NC1=O.C[C@H](CCCC(C)(C)c1cc(-c2c(N)cnn2C(F)F)ccn1)C(=O)O.C[C@H](CCCC(C)(C)c1cc(-c2c([N+](=O)[O-])cnn2C(F)F)ccn1)C(=O)O. The highest BCUT2D eigenvalue weighted by molar-refractivity contribution is 5.99. The van der Waals surface area contributed by atoms with Crippen LogP contribution in [0.25, 0.3) is 45.0 Å². The average molecular weight is 1570 g/mol. The minimum Gasteiger partial charge on any atom is -0.481 e. The van der Waals surface area contributed by atoms with Crippen LogP contribution in [0.15, 0.2) is 98.1 Å². The lowest BCUT2D eigenvalue weighted by molar-refractivity contribution is -0.384. The summed E-state index contributed by atoms with van der Waals surface area (Å²) in [5.41, 5.74) is 9.16. The maximum Gasteiger partial charge on any atom is 0.334 e. The van der Waals surface area contributed by atoms with Crippen LogP contribution in [0.3, 0.4) is 0 Å². The number of fused-ring (bicyclic) bond motifs is 8. The van der Waals surface area contributed by atoms with E-state index in [1.165, 1.54) is 62.0 Å². The van der Waals surface area contributed by atoms with Gasteiger partial charge in [-0.3, -0.25) is 54.0 Å². The lowest BCUT2D eigenvalue weighted by Gasteiger charge is -2.26. The third kappa shape index (κ3) is 24.8. The Hall–Kier alpha value is -10.4. The number of nitrogens with one attached hydrogen (secondary N) is 2. The standard InChI is InChI=1S/C18H22F2N4O4.C18H24F2N4O2.C18H22F2N4O.C16H16F2N4O2.C4H8O.3CH4/c1-11(16(25)26)5-4-7-18(2,3)14-9-12(6-8-21-14)15-13(24(27)28)10-22-23(15)17(19)20;1-11(16(25)26)5-4-7-18(2,3)14-9-12(6-8-22-14)15-13(21)10-23-24(15)17(19)20;1-11-5-4-7-18(2,3)14-9-12(6-8-21-14)15-13(23-16(11)25)10-22-24(15)17(19)20;1-9-3-2-4-13(23)11-7-10(5-6-19-11)14-12(21-15(9)24)8-20-22(14)16(17)18;1-2-4-5-3-1;;;/h6,8-11,17H,4-5,7H2,1-3H3,(H,25,26);6,8-11,17H,4-5,7,21H2,1-3H3,(H,25,26);6,8-11,17H,4-5,7H2,1-3H3,(H,23,25);5-9,16H,2-4H2,1H3,(H,21,24);1-4H2;3*1H4/t3*11-;9-;;;;/m1111..../s1. The summed E-state index contributed by atoms with van der Waals surface area (Å²) in [7, 11) is 0. The summed E-state index contributed by atoms with van der Waals surface area (Å²) >= 11 is 0. The normalized spacial score (nSPS) is 16.0. The molecule has 1 saturated heterocycles. The molecule has 8 aromatic rings. The van der Waals surface area contributed by atoms with Crippen molar-refractivity contribution in [3.8, 4) is 45.0 Å². The molecule has 3 aliphatic rings. The Labute approximate surface area is 641 Å². The minimum absolute atomic E-state index is 0. The third-order valence-corrected chi connectivity index (χ3v) is 19.1. The van der Waals surface area contributed by atoms with Crippen LogP contribution in [0.1, 0.15) is 235 Å². The van der Waals surface area contributed by atoms with Crippen LogP contribution in [-0.2, 0) is 40.2 Å². The number of hydrogen-bond acceptors (Lipinski definition) is 17. The summed E-state index contributed by atoms with van der Waals surface area (Å²) in [6, 6.07) is 12.8. The number of pyridine rings is 4. The lowest BCUT2D eigenvalue weighted by atomic mass is 9.81. The predicted octanol–water partition coefficient (Wildman–Crippen LogP) is 18.9. The van der Waals surface area contributed by atoms with Crippen molar-refractivity contribution in [3.63, 3.8) is 0 Å². The van der Waals surface area contributed by atoms with Crippen LogP contribution in [0, 0.1) is 33.8 Å². The van der Waals surface area contributed by atoms with E-state index in [9.17, 15) is 69.2 Å². The molecular formula is C77H104F8N16O10. The second-order valence-electron chi connectivity index (χ2n) is 28.7. The summed E-state index contributed by atoms with van der Waals surface area (Å²) in [4.78, 5) is 86.4. The first-order chi connectivity index (χ1) is 50.9. The van der Waals surface area contributed by atoms with Crippen molar-refractivity contribution in [3.05, 3.63) is 131 Å². The summed E-state index contributed by atoms with van der Waals surface area (Å²) in [6.45, 7) is 9.41. The molecule has 11 rings (SSSR count). The molecule has 1 fully saturated rings. The quantitative estimate of drug-likeness (QED) is 0.0285. The maximum atomic E-state index is 13.4. The highest BCUT2D eigenvalue weighted by Gasteiger charge is 2.33. The number of ketones is 1. The van der Waals surface area contributed by atoms with Crippen molar-refractivity contribution in [1.29, 1.82) is 0 Å². The van der Waals surface area contributed by atoms with Crippen LogP contribution in [0.4, 0.5) is 57.9 Å². The largest absolute Gasteiger partial charge is 0.481 e. The van der Waals surface area contributed by atoms with Gasteiger partial charge in [-0.05, 0) is 113 Å². The fraction of sp³-hybridized carbons (Fsp3) is 0.519. The molecule has 6 N–H and O–H groups in total. The van der Waals surface area contributed by atoms with E-state index in [1.54, 1.807) is 57.4 Å². The van der Waals surface area contributed by atoms with Gasteiger partial charge in [0.1, 0.15) is 11.9 Å². The summed E-state index contributed by atoms with van der Waals surface area (Å²) in [5.74, 6) is -3.70. The van der Waals surface area contributed by atoms with E-state index in [2.05, 4.69) is 64.8 Å². The second-order valence-corrected chi connectivity index (χ2v) is 28.7. The van der Waals surface area contributed by atoms with Crippen molar-refractivity contribution >= 4 is 52.3 Å². The number of carboxylic acid groups (broad SMARTS) is 2. The van der Waals surface area contributed by atoms with Gasteiger partial charge in [0.25, 0.3) is 0 Å². The molecular weight excluding hydrogens is 1460 g/mol. The zero-order valence-electron chi connectivity index (χ0n) is 61.7. The zero-order valence-corrected chi connectivity index (χ0v) is 61.7. The molecule has 2 amide bonds. The highest BCUT2D eigenvalue weighted by atomic mass is 19.3. The number of ether oxygens (including phenoxy) is 1. The smallest absolute Gasteiger partial charge is 0.334 e. The number of anilines is 3. The molecule has 4 atom stereocenters. The number of nitro groups is 1. The molecule has 11 heterocycles.